The minimum absolute atomic E-state index is 0.275. The topological polar surface area (TPSA) is 49.9 Å². The summed E-state index contributed by atoms with van der Waals surface area (Å²) in [7, 11) is 3.28. The zero-order valence-corrected chi connectivity index (χ0v) is 11.4. The quantitative estimate of drug-likeness (QED) is 0.872. The molecule has 0 saturated carbocycles. The van der Waals surface area contributed by atoms with Gasteiger partial charge in [-0.15, -0.1) is 0 Å². The second-order valence-corrected chi connectivity index (χ2v) is 4.38. The van der Waals surface area contributed by atoms with Crippen molar-refractivity contribution in [3.8, 4) is 5.75 Å². The number of aromatic amines is 1. The highest BCUT2D eigenvalue weighted by Crippen LogP contribution is 2.19. The SMILES string of the molecule is CNc1nc(CCc2ccc(OC)c(F)c2)c(C)[nH]1. The predicted molar refractivity (Wildman–Crippen MR) is 73.2 cm³/mol. The fraction of sp³-hybridized carbons (Fsp3) is 0.357. The van der Waals surface area contributed by atoms with Gasteiger partial charge in [0.05, 0.1) is 12.8 Å². The van der Waals surface area contributed by atoms with Crippen LogP contribution in [-0.4, -0.2) is 24.1 Å². The first kappa shape index (κ1) is 13.4. The Hall–Kier alpha value is -2.04. The second-order valence-electron chi connectivity index (χ2n) is 4.38. The van der Waals surface area contributed by atoms with Gasteiger partial charge in [-0.1, -0.05) is 6.07 Å². The monoisotopic (exact) mass is 263 g/mol. The van der Waals surface area contributed by atoms with E-state index in [0.717, 1.165) is 35.7 Å². The van der Waals surface area contributed by atoms with Gasteiger partial charge >= 0.3 is 0 Å². The average Bonchev–Trinajstić information content (AvgIpc) is 2.77. The van der Waals surface area contributed by atoms with Crippen molar-refractivity contribution in [3.05, 3.63) is 41.0 Å². The normalized spacial score (nSPS) is 10.5. The van der Waals surface area contributed by atoms with Crippen LogP contribution in [0.4, 0.5) is 10.3 Å². The third kappa shape index (κ3) is 3.05. The molecule has 0 radical (unpaired) electrons. The van der Waals surface area contributed by atoms with E-state index < -0.39 is 0 Å². The summed E-state index contributed by atoms with van der Waals surface area (Å²) in [5.41, 5.74) is 2.98. The van der Waals surface area contributed by atoms with Crippen molar-refractivity contribution in [3.63, 3.8) is 0 Å². The fourth-order valence-electron chi connectivity index (χ4n) is 1.99. The van der Waals surface area contributed by atoms with Gasteiger partial charge in [-0.25, -0.2) is 9.37 Å². The zero-order valence-electron chi connectivity index (χ0n) is 11.4. The van der Waals surface area contributed by atoms with Crippen molar-refractivity contribution in [2.24, 2.45) is 0 Å². The van der Waals surface area contributed by atoms with Crippen LogP contribution >= 0.6 is 0 Å². The summed E-state index contributed by atoms with van der Waals surface area (Å²) in [6, 6.07) is 5.05. The van der Waals surface area contributed by atoms with Crippen molar-refractivity contribution >= 4 is 5.95 Å². The summed E-state index contributed by atoms with van der Waals surface area (Å²) in [5, 5.41) is 2.97. The van der Waals surface area contributed by atoms with Gasteiger partial charge in [0.15, 0.2) is 17.5 Å². The van der Waals surface area contributed by atoms with Crippen molar-refractivity contribution in [1.29, 1.82) is 0 Å². The van der Waals surface area contributed by atoms with E-state index in [4.69, 9.17) is 4.74 Å². The van der Waals surface area contributed by atoms with Crippen LogP contribution in [0, 0.1) is 12.7 Å². The number of anilines is 1. The standard InChI is InChI=1S/C14H18FN3O/c1-9-12(18-14(16-2)17-9)6-4-10-5-7-13(19-3)11(15)8-10/h5,7-8H,4,6H2,1-3H3,(H2,16,17,18). The number of hydrogen-bond acceptors (Lipinski definition) is 3. The summed E-state index contributed by atoms with van der Waals surface area (Å²) in [5.74, 6) is 0.709. The minimum Gasteiger partial charge on any atom is -0.494 e. The Morgan fingerprint density at radius 3 is 2.74 bits per heavy atom. The van der Waals surface area contributed by atoms with Crippen LogP contribution in [0.15, 0.2) is 18.2 Å². The minimum atomic E-state index is -0.324. The van der Waals surface area contributed by atoms with E-state index in [0.29, 0.717) is 0 Å². The number of halogens is 1. The molecule has 0 aliphatic carbocycles. The lowest BCUT2D eigenvalue weighted by molar-refractivity contribution is 0.386. The molecule has 102 valence electrons. The first-order valence-corrected chi connectivity index (χ1v) is 6.19. The third-order valence-corrected chi connectivity index (χ3v) is 3.09. The van der Waals surface area contributed by atoms with E-state index in [9.17, 15) is 4.39 Å². The van der Waals surface area contributed by atoms with Gasteiger partial charge in [-0.3, -0.25) is 0 Å². The Morgan fingerprint density at radius 2 is 2.16 bits per heavy atom. The van der Waals surface area contributed by atoms with Crippen LogP contribution in [0.1, 0.15) is 17.0 Å². The van der Waals surface area contributed by atoms with Crippen LogP contribution in [0.5, 0.6) is 5.75 Å². The molecule has 0 spiro atoms. The molecule has 5 heteroatoms. The highest BCUT2D eigenvalue weighted by molar-refractivity contribution is 5.32. The van der Waals surface area contributed by atoms with Crippen LogP contribution < -0.4 is 10.1 Å². The number of aromatic nitrogens is 2. The maximum absolute atomic E-state index is 13.6. The molecular formula is C14H18FN3O. The molecule has 0 saturated heterocycles. The van der Waals surface area contributed by atoms with Gasteiger partial charge in [0.2, 0.25) is 0 Å². The molecule has 2 aromatic rings. The van der Waals surface area contributed by atoms with Crippen molar-refractivity contribution in [1.82, 2.24) is 9.97 Å². The molecule has 1 aromatic carbocycles. The molecule has 0 fully saturated rings. The third-order valence-electron chi connectivity index (χ3n) is 3.09. The number of benzene rings is 1. The highest BCUT2D eigenvalue weighted by atomic mass is 19.1. The largest absolute Gasteiger partial charge is 0.494 e. The van der Waals surface area contributed by atoms with E-state index in [1.165, 1.54) is 13.2 Å². The van der Waals surface area contributed by atoms with Crippen LogP contribution in [0.2, 0.25) is 0 Å². The van der Waals surface area contributed by atoms with Gasteiger partial charge in [-0.2, -0.15) is 0 Å². The van der Waals surface area contributed by atoms with E-state index in [2.05, 4.69) is 15.3 Å². The summed E-state index contributed by atoms with van der Waals surface area (Å²) in [4.78, 5) is 7.56. The molecule has 2 rings (SSSR count). The number of ether oxygens (including phenoxy) is 1. The van der Waals surface area contributed by atoms with Crippen molar-refractivity contribution in [2.45, 2.75) is 19.8 Å². The molecule has 0 bridgehead atoms. The maximum atomic E-state index is 13.6. The zero-order chi connectivity index (χ0) is 13.8. The molecule has 0 atom stereocenters. The molecule has 2 N–H and O–H groups in total. The number of nitrogens with one attached hydrogen (secondary N) is 2. The number of methoxy groups -OCH3 is 1. The van der Waals surface area contributed by atoms with Gasteiger partial charge in [0.25, 0.3) is 0 Å². The molecule has 0 unspecified atom stereocenters. The molecule has 0 aliphatic heterocycles. The van der Waals surface area contributed by atoms with Gasteiger partial charge in [0, 0.05) is 12.7 Å². The number of H-pyrrole nitrogens is 1. The maximum Gasteiger partial charge on any atom is 0.200 e. The Kier molecular flexibility index (Phi) is 4.04. The van der Waals surface area contributed by atoms with Gasteiger partial charge < -0.3 is 15.0 Å². The molecule has 0 aliphatic rings. The Morgan fingerprint density at radius 1 is 1.37 bits per heavy atom. The predicted octanol–water partition coefficient (Wildman–Crippen LogP) is 2.69. The fourth-order valence-corrected chi connectivity index (χ4v) is 1.99. The number of hydrogen-bond donors (Lipinski definition) is 2. The second kappa shape index (κ2) is 5.73. The van der Waals surface area contributed by atoms with Gasteiger partial charge in [0.1, 0.15) is 0 Å². The summed E-state index contributed by atoms with van der Waals surface area (Å²) >= 11 is 0. The number of nitrogens with zero attached hydrogens (tertiary/aromatic N) is 1. The van der Waals surface area contributed by atoms with E-state index in [1.54, 1.807) is 6.07 Å². The molecule has 19 heavy (non-hydrogen) atoms. The van der Waals surface area contributed by atoms with Crippen molar-refractivity contribution in [2.75, 3.05) is 19.5 Å². The first-order valence-electron chi connectivity index (χ1n) is 6.19. The number of imidazole rings is 1. The lowest BCUT2D eigenvalue weighted by atomic mass is 10.1. The average molecular weight is 263 g/mol. The summed E-state index contributed by atoms with van der Waals surface area (Å²) in [6.07, 6.45) is 1.52. The first-order chi connectivity index (χ1) is 9.13. The lowest BCUT2D eigenvalue weighted by Crippen LogP contribution is -1.96. The van der Waals surface area contributed by atoms with Crippen LogP contribution in [0.25, 0.3) is 0 Å². The van der Waals surface area contributed by atoms with Crippen LogP contribution in [-0.2, 0) is 12.8 Å². The summed E-state index contributed by atoms with van der Waals surface area (Å²) in [6.45, 7) is 1.98. The molecule has 1 heterocycles. The lowest BCUT2D eigenvalue weighted by Gasteiger charge is -2.04. The van der Waals surface area contributed by atoms with E-state index >= 15 is 0 Å². The molecule has 4 nitrogen and oxygen atoms in total. The molecule has 0 amide bonds. The summed E-state index contributed by atoms with van der Waals surface area (Å²) < 4.78 is 18.5. The smallest absolute Gasteiger partial charge is 0.200 e. The van der Waals surface area contributed by atoms with Crippen molar-refractivity contribution < 1.29 is 9.13 Å². The van der Waals surface area contributed by atoms with Gasteiger partial charge in [-0.05, 0) is 37.5 Å². The Bertz CT molecular complexity index is 566. The number of rotatable bonds is 5. The molecular weight excluding hydrogens is 245 g/mol. The number of aryl methyl sites for hydroxylation is 3. The molecule has 1 aromatic heterocycles. The van der Waals surface area contributed by atoms with Crippen LogP contribution in [0.3, 0.4) is 0 Å². The van der Waals surface area contributed by atoms with E-state index in [1.807, 2.05) is 20.0 Å². The van der Waals surface area contributed by atoms with E-state index in [-0.39, 0.29) is 11.6 Å². The Labute approximate surface area is 112 Å². The highest BCUT2D eigenvalue weighted by Gasteiger charge is 2.07. The Balaban J connectivity index is 2.05.